The number of carbonyl (C=O) groups is 2. The highest BCUT2D eigenvalue weighted by Gasteiger charge is 2.11. The molecule has 0 aliphatic heterocycles. The molecular formula is C11H15NO4. The number of aldehydes is 1. The third-order valence-electron chi connectivity index (χ3n) is 2.02. The Morgan fingerprint density at radius 1 is 1.62 bits per heavy atom. The number of esters is 1. The minimum absolute atomic E-state index is 0.0368. The summed E-state index contributed by atoms with van der Waals surface area (Å²) in [6, 6.07) is 3.34. The van der Waals surface area contributed by atoms with E-state index in [1.807, 2.05) is 0 Å². The Hall–Kier alpha value is -1.62. The zero-order valence-corrected chi connectivity index (χ0v) is 9.38. The Morgan fingerprint density at radius 2 is 2.38 bits per heavy atom. The number of ether oxygens (including phenoxy) is 2. The summed E-state index contributed by atoms with van der Waals surface area (Å²) in [4.78, 5) is 22.1. The maximum Gasteiger partial charge on any atom is 0.326 e. The SMILES string of the molecule is COCC(C)OC(=O)Cn1cccc1C=O. The van der Waals surface area contributed by atoms with Gasteiger partial charge in [-0.05, 0) is 19.1 Å². The second kappa shape index (κ2) is 6.07. The van der Waals surface area contributed by atoms with Crippen molar-refractivity contribution in [3.8, 4) is 0 Å². The predicted molar refractivity (Wildman–Crippen MR) is 57.2 cm³/mol. The van der Waals surface area contributed by atoms with Gasteiger partial charge in [-0.2, -0.15) is 0 Å². The summed E-state index contributed by atoms with van der Waals surface area (Å²) >= 11 is 0. The van der Waals surface area contributed by atoms with Crippen LogP contribution < -0.4 is 0 Å². The number of hydrogen-bond acceptors (Lipinski definition) is 4. The van der Waals surface area contributed by atoms with Gasteiger partial charge in [-0.25, -0.2) is 0 Å². The highest BCUT2D eigenvalue weighted by atomic mass is 16.6. The summed E-state index contributed by atoms with van der Waals surface area (Å²) in [5.74, 6) is -0.385. The second-order valence-corrected chi connectivity index (χ2v) is 3.43. The van der Waals surface area contributed by atoms with Gasteiger partial charge in [0.25, 0.3) is 0 Å². The van der Waals surface area contributed by atoms with Crippen LogP contribution in [-0.4, -0.2) is 36.6 Å². The Bertz CT molecular complexity index is 359. The molecule has 1 rings (SSSR count). The van der Waals surface area contributed by atoms with Crippen LogP contribution in [0.1, 0.15) is 17.4 Å². The topological polar surface area (TPSA) is 57.5 Å². The molecule has 0 spiro atoms. The van der Waals surface area contributed by atoms with Crippen molar-refractivity contribution in [2.24, 2.45) is 0 Å². The standard InChI is InChI=1S/C11H15NO4/c1-9(8-15-2)16-11(14)6-12-5-3-4-10(12)7-13/h3-5,7,9H,6,8H2,1-2H3. The van der Waals surface area contributed by atoms with Gasteiger partial charge in [0.1, 0.15) is 12.6 Å². The van der Waals surface area contributed by atoms with Crippen molar-refractivity contribution in [1.82, 2.24) is 4.57 Å². The Kier molecular flexibility index (Phi) is 4.72. The fourth-order valence-corrected chi connectivity index (χ4v) is 1.35. The van der Waals surface area contributed by atoms with E-state index in [1.54, 1.807) is 32.4 Å². The van der Waals surface area contributed by atoms with E-state index < -0.39 is 0 Å². The van der Waals surface area contributed by atoms with E-state index in [0.717, 1.165) is 0 Å². The monoisotopic (exact) mass is 225 g/mol. The lowest BCUT2D eigenvalue weighted by molar-refractivity contribution is -0.151. The van der Waals surface area contributed by atoms with Crippen LogP contribution in [0, 0.1) is 0 Å². The van der Waals surface area contributed by atoms with Gasteiger partial charge in [-0.3, -0.25) is 9.59 Å². The van der Waals surface area contributed by atoms with Gasteiger partial charge in [0.05, 0.1) is 12.3 Å². The molecule has 0 bridgehead atoms. The first-order valence-corrected chi connectivity index (χ1v) is 4.96. The van der Waals surface area contributed by atoms with Crippen molar-refractivity contribution in [2.75, 3.05) is 13.7 Å². The van der Waals surface area contributed by atoms with E-state index in [9.17, 15) is 9.59 Å². The zero-order valence-electron chi connectivity index (χ0n) is 9.38. The molecule has 1 heterocycles. The molecule has 1 aromatic rings. The lowest BCUT2D eigenvalue weighted by Crippen LogP contribution is -2.23. The fraction of sp³-hybridized carbons (Fsp3) is 0.455. The molecule has 0 amide bonds. The van der Waals surface area contributed by atoms with Crippen LogP contribution in [0.4, 0.5) is 0 Å². The lowest BCUT2D eigenvalue weighted by Gasteiger charge is -2.12. The summed E-state index contributed by atoms with van der Waals surface area (Å²) in [7, 11) is 1.54. The van der Waals surface area contributed by atoms with Crippen molar-refractivity contribution in [1.29, 1.82) is 0 Å². The van der Waals surface area contributed by atoms with Crippen LogP contribution in [0.15, 0.2) is 18.3 Å². The Balaban J connectivity index is 2.48. The molecule has 1 aromatic heterocycles. The molecule has 0 aliphatic carbocycles. The number of nitrogens with zero attached hydrogens (tertiary/aromatic N) is 1. The number of hydrogen-bond donors (Lipinski definition) is 0. The molecule has 5 nitrogen and oxygen atoms in total. The van der Waals surface area contributed by atoms with Gasteiger partial charge in [0.15, 0.2) is 6.29 Å². The molecule has 0 radical (unpaired) electrons. The van der Waals surface area contributed by atoms with Crippen LogP contribution in [0.5, 0.6) is 0 Å². The average Bonchev–Trinajstić information content (AvgIpc) is 2.65. The van der Waals surface area contributed by atoms with E-state index in [1.165, 1.54) is 4.57 Å². The van der Waals surface area contributed by atoms with E-state index in [-0.39, 0.29) is 18.6 Å². The molecule has 0 N–H and O–H groups in total. The quantitative estimate of drug-likeness (QED) is 0.532. The summed E-state index contributed by atoms with van der Waals surface area (Å²) in [6.45, 7) is 2.14. The van der Waals surface area contributed by atoms with Gasteiger partial charge in [-0.1, -0.05) is 0 Å². The lowest BCUT2D eigenvalue weighted by atomic mass is 10.4. The molecule has 88 valence electrons. The maximum absolute atomic E-state index is 11.4. The Labute approximate surface area is 94.0 Å². The maximum atomic E-state index is 11.4. The molecule has 5 heteroatoms. The van der Waals surface area contributed by atoms with Gasteiger partial charge >= 0.3 is 5.97 Å². The van der Waals surface area contributed by atoms with E-state index in [0.29, 0.717) is 18.6 Å². The van der Waals surface area contributed by atoms with Crippen molar-refractivity contribution >= 4 is 12.3 Å². The van der Waals surface area contributed by atoms with Crippen LogP contribution >= 0.6 is 0 Å². The fourth-order valence-electron chi connectivity index (χ4n) is 1.35. The molecule has 0 saturated carbocycles. The number of methoxy groups -OCH3 is 1. The Morgan fingerprint density at radius 3 is 3.00 bits per heavy atom. The molecular weight excluding hydrogens is 210 g/mol. The molecule has 1 atom stereocenters. The molecule has 1 unspecified atom stereocenters. The predicted octanol–water partition coefficient (Wildman–Crippen LogP) is 0.879. The van der Waals surface area contributed by atoms with Crippen LogP contribution in [0.2, 0.25) is 0 Å². The highest BCUT2D eigenvalue weighted by Crippen LogP contribution is 2.01. The second-order valence-electron chi connectivity index (χ2n) is 3.43. The number of aromatic nitrogens is 1. The molecule has 0 aliphatic rings. The average molecular weight is 225 g/mol. The third-order valence-corrected chi connectivity index (χ3v) is 2.02. The number of carbonyl (C=O) groups excluding carboxylic acids is 2. The first-order chi connectivity index (χ1) is 7.67. The van der Waals surface area contributed by atoms with Crippen LogP contribution in [-0.2, 0) is 20.8 Å². The van der Waals surface area contributed by atoms with E-state index in [4.69, 9.17) is 9.47 Å². The van der Waals surface area contributed by atoms with Crippen LogP contribution in [0.25, 0.3) is 0 Å². The number of rotatable bonds is 6. The van der Waals surface area contributed by atoms with Crippen molar-refractivity contribution < 1.29 is 19.1 Å². The van der Waals surface area contributed by atoms with Crippen molar-refractivity contribution in [3.05, 3.63) is 24.0 Å². The van der Waals surface area contributed by atoms with Gasteiger partial charge in [-0.15, -0.1) is 0 Å². The van der Waals surface area contributed by atoms with E-state index in [2.05, 4.69) is 0 Å². The minimum Gasteiger partial charge on any atom is -0.459 e. The molecule has 0 fully saturated rings. The van der Waals surface area contributed by atoms with Gasteiger partial charge in [0, 0.05) is 13.3 Å². The largest absolute Gasteiger partial charge is 0.459 e. The normalized spacial score (nSPS) is 12.1. The van der Waals surface area contributed by atoms with Crippen molar-refractivity contribution in [3.63, 3.8) is 0 Å². The molecule has 0 aromatic carbocycles. The smallest absolute Gasteiger partial charge is 0.326 e. The van der Waals surface area contributed by atoms with Crippen molar-refractivity contribution in [2.45, 2.75) is 19.6 Å². The minimum atomic E-state index is -0.385. The van der Waals surface area contributed by atoms with E-state index >= 15 is 0 Å². The molecule has 0 saturated heterocycles. The summed E-state index contributed by atoms with van der Waals surface area (Å²) in [5, 5.41) is 0. The first kappa shape index (κ1) is 12.4. The van der Waals surface area contributed by atoms with Gasteiger partial charge in [0.2, 0.25) is 0 Å². The molecule has 16 heavy (non-hydrogen) atoms. The summed E-state index contributed by atoms with van der Waals surface area (Å²) in [5.41, 5.74) is 0.455. The first-order valence-electron chi connectivity index (χ1n) is 4.96. The highest BCUT2D eigenvalue weighted by molar-refractivity contribution is 5.75. The van der Waals surface area contributed by atoms with Gasteiger partial charge < -0.3 is 14.0 Å². The summed E-state index contributed by atoms with van der Waals surface area (Å²) in [6.07, 6.45) is 2.07. The summed E-state index contributed by atoms with van der Waals surface area (Å²) < 4.78 is 11.4. The third kappa shape index (κ3) is 3.51. The van der Waals surface area contributed by atoms with Crippen LogP contribution in [0.3, 0.4) is 0 Å². The zero-order chi connectivity index (χ0) is 12.0.